The third-order valence-corrected chi connectivity index (χ3v) is 3.31. The smallest absolute Gasteiger partial charge is 0.0781 e. The Balaban J connectivity index is 2.29. The van der Waals surface area contributed by atoms with Crippen LogP contribution >= 0.6 is 0 Å². The van der Waals surface area contributed by atoms with E-state index < -0.39 is 6.10 Å². The van der Waals surface area contributed by atoms with Gasteiger partial charge >= 0.3 is 0 Å². The second-order valence-corrected chi connectivity index (χ2v) is 4.87. The summed E-state index contributed by atoms with van der Waals surface area (Å²) in [6.07, 6.45) is -0.525. The molecule has 2 aromatic carbocycles. The number of aliphatic hydroxyl groups is 2. The number of para-hydroxylation sites is 1. The average molecular weight is 271 g/mol. The summed E-state index contributed by atoms with van der Waals surface area (Å²) in [6, 6.07) is 17.9. The molecular weight excluding hydrogens is 250 g/mol. The van der Waals surface area contributed by atoms with E-state index in [0.717, 1.165) is 11.3 Å². The Morgan fingerprint density at radius 2 is 1.65 bits per heavy atom. The molecule has 0 fully saturated rings. The van der Waals surface area contributed by atoms with Crippen LogP contribution < -0.4 is 4.90 Å². The first-order chi connectivity index (χ1) is 9.72. The van der Waals surface area contributed by atoms with Gasteiger partial charge in [0.2, 0.25) is 0 Å². The van der Waals surface area contributed by atoms with Crippen molar-refractivity contribution in [2.45, 2.75) is 19.6 Å². The third kappa shape index (κ3) is 3.59. The third-order valence-electron chi connectivity index (χ3n) is 3.31. The minimum atomic E-state index is -0.525. The lowest BCUT2D eigenvalue weighted by molar-refractivity contribution is 0.199. The number of nitrogens with zero attached hydrogens (tertiary/aromatic N) is 1. The molecule has 1 unspecified atom stereocenters. The van der Waals surface area contributed by atoms with Crippen LogP contribution in [0.2, 0.25) is 0 Å². The minimum absolute atomic E-state index is 0.0843. The molecule has 2 aromatic rings. The van der Waals surface area contributed by atoms with Gasteiger partial charge in [0.15, 0.2) is 0 Å². The van der Waals surface area contributed by atoms with E-state index in [0.29, 0.717) is 13.1 Å². The fourth-order valence-corrected chi connectivity index (χ4v) is 2.34. The van der Waals surface area contributed by atoms with Crippen LogP contribution in [0.15, 0.2) is 54.6 Å². The molecule has 0 aliphatic carbocycles. The Morgan fingerprint density at radius 3 is 2.30 bits per heavy atom. The number of rotatable bonds is 6. The van der Waals surface area contributed by atoms with Gasteiger partial charge in [-0.05, 0) is 18.6 Å². The highest BCUT2D eigenvalue weighted by molar-refractivity contribution is 5.55. The molecule has 0 amide bonds. The van der Waals surface area contributed by atoms with Gasteiger partial charge in [0.25, 0.3) is 0 Å². The number of aliphatic hydroxyl groups excluding tert-OH is 2. The molecule has 3 heteroatoms. The second-order valence-electron chi connectivity index (χ2n) is 4.87. The summed E-state index contributed by atoms with van der Waals surface area (Å²) in [5.41, 5.74) is 3.04. The van der Waals surface area contributed by atoms with Crippen molar-refractivity contribution in [3.8, 4) is 0 Å². The number of hydrogen-bond acceptors (Lipinski definition) is 3. The summed E-state index contributed by atoms with van der Waals surface area (Å²) in [4.78, 5) is 2.09. The van der Waals surface area contributed by atoms with E-state index in [1.54, 1.807) is 6.92 Å². The maximum atomic E-state index is 9.90. The van der Waals surface area contributed by atoms with Crippen LogP contribution in [0.4, 0.5) is 5.69 Å². The Morgan fingerprint density at radius 1 is 1.00 bits per heavy atom. The van der Waals surface area contributed by atoms with E-state index in [-0.39, 0.29) is 6.61 Å². The summed E-state index contributed by atoms with van der Waals surface area (Å²) >= 11 is 0. The normalized spacial score (nSPS) is 12.2. The average Bonchev–Trinajstić information content (AvgIpc) is 2.48. The van der Waals surface area contributed by atoms with Crippen molar-refractivity contribution in [3.05, 3.63) is 65.7 Å². The Kier molecular flexibility index (Phi) is 5.16. The summed E-state index contributed by atoms with van der Waals surface area (Å²) in [5, 5.41) is 19.2. The van der Waals surface area contributed by atoms with Crippen molar-refractivity contribution in [3.63, 3.8) is 0 Å². The molecule has 0 heterocycles. The van der Waals surface area contributed by atoms with Gasteiger partial charge in [-0.2, -0.15) is 0 Å². The van der Waals surface area contributed by atoms with Gasteiger partial charge < -0.3 is 15.1 Å². The van der Waals surface area contributed by atoms with Crippen LogP contribution in [-0.2, 0) is 6.54 Å². The van der Waals surface area contributed by atoms with E-state index >= 15 is 0 Å². The van der Waals surface area contributed by atoms with Crippen molar-refractivity contribution >= 4 is 5.69 Å². The molecule has 1 atom stereocenters. The highest BCUT2D eigenvalue weighted by Gasteiger charge is 2.13. The highest BCUT2D eigenvalue weighted by Crippen LogP contribution is 2.27. The summed E-state index contributed by atoms with van der Waals surface area (Å²) in [7, 11) is 0. The lowest BCUT2D eigenvalue weighted by Gasteiger charge is -2.27. The lowest BCUT2D eigenvalue weighted by Crippen LogP contribution is -2.27. The van der Waals surface area contributed by atoms with Gasteiger partial charge in [-0.25, -0.2) is 0 Å². The molecule has 0 aliphatic heterocycles. The van der Waals surface area contributed by atoms with E-state index in [1.165, 1.54) is 5.56 Å². The van der Waals surface area contributed by atoms with Gasteiger partial charge in [0.05, 0.1) is 12.7 Å². The predicted molar refractivity (Wildman–Crippen MR) is 81.7 cm³/mol. The van der Waals surface area contributed by atoms with Crippen LogP contribution in [0.5, 0.6) is 0 Å². The molecule has 0 aromatic heterocycles. The summed E-state index contributed by atoms with van der Waals surface area (Å²) in [6.45, 7) is 3.10. The van der Waals surface area contributed by atoms with Crippen molar-refractivity contribution < 1.29 is 10.2 Å². The molecule has 0 spiro atoms. The van der Waals surface area contributed by atoms with E-state index in [1.807, 2.05) is 42.5 Å². The summed E-state index contributed by atoms with van der Waals surface area (Å²) < 4.78 is 0. The Bertz CT molecular complexity index is 526. The van der Waals surface area contributed by atoms with Crippen LogP contribution in [-0.4, -0.2) is 23.4 Å². The van der Waals surface area contributed by atoms with Crippen molar-refractivity contribution in [2.24, 2.45) is 0 Å². The molecule has 0 aliphatic rings. The monoisotopic (exact) mass is 271 g/mol. The quantitative estimate of drug-likeness (QED) is 0.849. The number of benzene rings is 2. The zero-order valence-corrected chi connectivity index (χ0v) is 11.7. The molecule has 2 N–H and O–H groups in total. The zero-order valence-electron chi connectivity index (χ0n) is 11.7. The van der Waals surface area contributed by atoms with Gasteiger partial charge in [-0.15, -0.1) is 0 Å². The molecule has 0 saturated carbocycles. The van der Waals surface area contributed by atoms with Crippen LogP contribution in [0.1, 0.15) is 24.2 Å². The second kappa shape index (κ2) is 7.08. The van der Waals surface area contributed by atoms with Gasteiger partial charge in [-0.3, -0.25) is 0 Å². The lowest BCUT2D eigenvalue weighted by atomic mass is 10.1. The van der Waals surface area contributed by atoms with Crippen molar-refractivity contribution in [1.29, 1.82) is 0 Å². The summed E-state index contributed by atoms with van der Waals surface area (Å²) in [5.74, 6) is 0. The van der Waals surface area contributed by atoms with Gasteiger partial charge in [-0.1, -0.05) is 48.5 Å². The molecule has 2 rings (SSSR count). The fourth-order valence-electron chi connectivity index (χ4n) is 2.34. The van der Waals surface area contributed by atoms with Crippen LogP contribution in [0, 0.1) is 0 Å². The van der Waals surface area contributed by atoms with Crippen LogP contribution in [0.25, 0.3) is 0 Å². The predicted octanol–water partition coefficient (Wildman–Crippen LogP) is 2.74. The molecule has 20 heavy (non-hydrogen) atoms. The van der Waals surface area contributed by atoms with Gasteiger partial charge in [0, 0.05) is 24.3 Å². The SMILES string of the molecule is CC(O)c1ccccc1N(CCO)Cc1ccccc1. The minimum Gasteiger partial charge on any atom is -0.395 e. The molecular formula is C17H21NO2. The Labute approximate surface area is 120 Å². The largest absolute Gasteiger partial charge is 0.395 e. The topological polar surface area (TPSA) is 43.7 Å². The Hall–Kier alpha value is -1.84. The fraction of sp³-hybridized carbons (Fsp3) is 0.294. The maximum Gasteiger partial charge on any atom is 0.0781 e. The van der Waals surface area contributed by atoms with E-state index in [2.05, 4.69) is 17.0 Å². The van der Waals surface area contributed by atoms with E-state index in [4.69, 9.17) is 0 Å². The van der Waals surface area contributed by atoms with Crippen LogP contribution in [0.3, 0.4) is 0 Å². The van der Waals surface area contributed by atoms with Crippen molar-refractivity contribution in [1.82, 2.24) is 0 Å². The first-order valence-electron chi connectivity index (χ1n) is 6.89. The number of hydrogen-bond donors (Lipinski definition) is 2. The molecule has 3 nitrogen and oxygen atoms in total. The molecule has 0 radical (unpaired) electrons. The first kappa shape index (κ1) is 14.6. The maximum absolute atomic E-state index is 9.90. The van der Waals surface area contributed by atoms with E-state index in [9.17, 15) is 10.2 Å². The zero-order chi connectivity index (χ0) is 14.4. The molecule has 106 valence electrons. The number of anilines is 1. The first-order valence-corrected chi connectivity index (χ1v) is 6.89. The standard InChI is InChI=1S/C17H21NO2/c1-14(20)16-9-5-6-10-17(16)18(11-12-19)13-15-7-3-2-4-8-15/h2-10,14,19-20H,11-13H2,1H3. The molecule has 0 bridgehead atoms. The highest BCUT2D eigenvalue weighted by atomic mass is 16.3. The van der Waals surface area contributed by atoms with Crippen molar-refractivity contribution in [2.75, 3.05) is 18.1 Å². The van der Waals surface area contributed by atoms with Gasteiger partial charge in [0.1, 0.15) is 0 Å². The molecule has 0 saturated heterocycles.